The van der Waals surface area contributed by atoms with E-state index < -0.39 is 0 Å². The Morgan fingerprint density at radius 3 is 3.11 bits per heavy atom. The molecule has 0 spiro atoms. The van der Waals surface area contributed by atoms with Gasteiger partial charge in [0.1, 0.15) is 0 Å². The number of nitrogens with two attached hydrogens (primary N) is 1. The zero-order valence-corrected chi connectivity index (χ0v) is 10.0. The van der Waals surface area contributed by atoms with Gasteiger partial charge >= 0.3 is 0 Å². The molecule has 1 unspecified atom stereocenters. The highest BCUT2D eigenvalue weighted by atomic mass is 16.5. The number of ether oxygens (including phenoxy) is 1. The topological polar surface area (TPSA) is 74.2 Å². The number of aromatic nitrogens is 2. The molecule has 0 aliphatic carbocycles. The van der Waals surface area contributed by atoms with E-state index in [9.17, 15) is 0 Å². The first kappa shape index (κ1) is 11.4. The van der Waals surface area contributed by atoms with Crippen molar-refractivity contribution in [2.24, 2.45) is 5.73 Å². The van der Waals surface area contributed by atoms with Crippen molar-refractivity contribution in [1.82, 2.24) is 10.1 Å². The molecule has 1 aliphatic rings. The molecule has 0 saturated carbocycles. The van der Waals surface area contributed by atoms with Crippen LogP contribution in [0.3, 0.4) is 0 Å². The van der Waals surface area contributed by atoms with Gasteiger partial charge in [-0.2, -0.15) is 4.98 Å². The summed E-state index contributed by atoms with van der Waals surface area (Å²) >= 11 is 0. The Bertz CT molecular complexity index is 533. The number of benzene rings is 1. The van der Waals surface area contributed by atoms with E-state index in [4.69, 9.17) is 15.0 Å². The Morgan fingerprint density at radius 2 is 2.33 bits per heavy atom. The normalized spacial score (nSPS) is 19.3. The number of hydrogen-bond acceptors (Lipinski definition) is 5. The Morgan fingerprint density at radius 1 is 1.39 bits per heavy atom. The van der Waals surface area contributed by atoms with Gasteiger partial charge in [-0.3, -0.25) is 0 Å². The second kappa shape index (κ2) is 4.88. The monoisotopic (exact) mass is 245 g/mol. The third-order valence-corrected chi connectivity index (χ3v) is 3.15. The lowest BCUT2D eigenvalue weighted by molar-refractivity contribution is 0.192. The van der Waals surface area contributed by atoms with Crippen LogP contribution in [0.15, 0.2) is 28.8 Å². The molecule has 2 aromatic rings. The highest BCUT2D eigenvalue weighted by Crippen LogP contribution is 2.25. The second-order valence-electron chi connectivity index (χ2n) is 4.42. The Hall–Kier alpha value is -1.72. The highest BCUT2D eigenvalue weighted by molar-refractivity contribution is 5.54. The summed E-state index contributed by atoms with van der Waals surface area (Å²) in [7, 11) is 0. The zero-order valence-electron chi connectivity index (χ0n) is 10.0. The molecule has 0 bridgehead atoms. The van der Waals surface area contributed by atoms with Gasteiger partial charge in [-0.25, -0.2) is 0 Å². The maximum Gasteiger partial charge on any atom is 0.257 e. The van der Waals surface area contributed by atoms with Gasteiger partial charge in [0.2, 0.25) is 0 Å². The smallest absolute Gasteiger partial charge is 0.257 e. The lowest BCUT2D eigenvalue weighted by Gasteiger charge is -1.99. The number of nitrogens with zero attached hydrogens (tertiary/aromatic N) is 2. The SMILES string of the molecule is NCc1cccc(-c2nc(C3CCOC3)no2)c1. The quantitative estimate of drug-likeness (QED) is 0.890. The molecule has 1 aromatic carbocycles. The first-order chi connectivity index (χ1) is 8.86. The lowest BCUT2D eigenvalue weighted by atomic mass is 10.1. The Kier molecular flexibility index (Phi) is 3.08. The summed E-state index contributed by atoms with van der Waals surface area (Å²) in [6, 6.07) is 7.84. The average Bonchev–Trinajstić information content (AvgIpc) is 3.09. The van der Waals surface area contributed by atoms with Crippen LogP contribution < -0.4 is 5.73 Å². The molecule has 1 fully saturated rings. The second-order valence-corrected chi connectivity index (χ2v) is 4.42. The molecule has 3 rings (SSSR count). The minimum absolute atomic E-state index is 0.264. The van der Waals surface area contributed by atoms with E-state index in [1.165, 1.54) is 0 Å². The van der Waals surface area contributed by atoms with Crippen LogP contribution in [0.4, 0.5) is 0 Å². The molecular weight excluding hydrogens is 230 g/mol. The molecule has 5 nitrogen and oxygen atoms in total. The van der Waals surface area contributed by atoms with Crippen molar-refractivity contribution in [1.29, 1.82) is 0 Å². The van der Waals surface area contributed by atoms with E-state index in [-0.39, 0.29) is 5.92 Å². The minimum atomic E-state index is 0.264. The fourth-order valence-electron chi connectivity index (χ4n) is 2.09. The zero-order chi connectivity index (χ0) is 12.4. The summed E-state index contributed by atoms with van der Waals surface area (Å²) in [5.74, 6) is 1.55. The van der Waals surface area contributed by atoms with Crippen LogP contribution in [0.5, 0.6) is 0 Å². The first-order valence-electron chi connectivity index (χ1n) is 6.07. The van der Waals surface area contributed by atoms with E-state index in [0.717, 1.165) is 30.0 Å². The molecule has 1 atom stereocenters. The maximum absolute atomic E-state index is 5.62. The van der Waals surface area contributed by atoms with E-state index in [2.05, 4.69) is 10.1 Å². The lowest BCUT2D eigenvalue weighted by Crippen LogP contribution is -1.99. The van der Waals surface area contributed by atoms with Crippen LogP contribution in [0.25, 0.3) is 11.5 Å². The summed E-state index contributed by atoms with van der Waals surface area (Å²) in [6.07, 6.45) is 0.960. The van der Waals surface area contributed by atoms with Gasteiger partial charge in [0, 0.05) is 24.6 Å². The molecule has 2 N–H and O–H groups in total. The van der Waals surface area contributed by atoms with Crippen molar-refractivity contribution in [3.05, 3.63) is 35.7 Å². The molecule has 1 saturated heterocycles. The van der Waals surface area contributed by atoms with Crippen molar-refractivity contribution < 1.29 is 9.26 Å². The number of rotatable bonds is 3. The third-order valence-electron chi connectivity index (χ3n) is 3.15. The summed E-state index contributed by atoms with van der Waals surface area (Å²) < 4.78 is 10.6. The van der Waals surface area contributed by atoms with Crippen molar-refractivity contribution >= 4 is 0 Å². The van der Waals surface area contributed by atoms with Gasteiger partial charge in [-0.1, -0.05) is 17.3 Å². The van der Waals surface area contributed by atoms with Gasteiger partial charge in [-0.05, 0) is 24.1 Å². The predicted molar refractivity (Wildman–Crippen MR) is 65.8 cm³/mol. The van der Waals surface area contributed by atoms with Crippen LogP contribution >= 0.6 is 0 Å². The van der Waals surface area contributed by atoms with Crippen LogP contribution in [0, 0.1) is 0 Å². The van der Waals surface area contributed by atoms with Gasteiger partial charge in [0.25, 0.3) is 5.89 Å². The third kappa shape index (κ3) is 2.14. The van der Waals surface area contributed by atoms with E-state index in [1.54, 1.807) is 0 Å². The summed E-state index contributed by atoms with van der Waals surface area (Å²) in [5.41, 5.74) is 7.58. The molecule has 1 aromatic heterocycles. The first-order valence-corrected chi connectivity index (χ1v) is 6.07. The summed E-state index contributed by atoms with van der Waals surface area (Å²) in [6.45, 7) is 1.96. The summed E-state index contributed by atoms with van der Waals surface area (Å²) in [4.78, 5) is 4.44. The van der Waals surface area contributed by atoms with E-state index >= 15 is 0 Å². The molecule has 0 radical (unpaired) electrons. The summed E-state index contributed by atoms with van der Waals surface area (Å²) in [5, 5.41) is 4.03. The largest absolute Gasteiger partial charge is 0.381 e. The fraction of sp³-hybridized carbons (Fsp3) is 0.385. The fourth-order valence-corrected chi connectivity index (χ4v) is 2.09. The van der Waals surface area contributed by atoms with Gasteiger partial charge in [-0.15, -0.1) is 0 Å². The van der Waals surface area contributed by atoms with Crippen LogP contribution in [-0.2, 0) is 11.3 Å². The Labute approximate surface area is 105 Å². The average molecular weight is 245 g/mol. The van der Waals surface area contributed by atoms with Crippen molar-refractivity contribution in [3.63, 3.8) is 0 Å². The van der Waals surface area contributed by atoms with Gasteiger partial charge in [0.15, 0.2) is 5.82 Å². The Balaban J connectivity index is 1.87. The van der Waals surface area contributed by atoms with Crippen molar-refractivity contribution in [3.8, 4) is 11.5 Å². The van der Waals surface area contributed by atoms with Crippen LogP contribution in [0.1, 0.15) is 23.7 Å². The predicted octanol–water partition coefficient (Wildman–Crippen LogP) is 1.70. The molecule has 0 amide bonds. The molecule has 1 aliphatic heterocycles. The van der Waals surface area contributed by atoms with E-state index in [1.807, 2.05) is 24.3 Å². The standard InChI is InChI=1S/C13H15N3O2/c14-7-9-2-1-3-10(6-9)13-15-12(16-18-13)11-4-5-17-8-11/h1-3,6,11H,4-5,7-8,14H2. The van der Waals surface area contributed by atoms with Crippen LogP contribution in [-0.4, -0.2) is 23.4 Å². The highest BCUT2D eigenvalue weighted by Gasteiger charge is 2.23. The van der Waals surface area contributed by atoms with Crippen molar-refractivity contribution in [2.45, 2.75) is 18.9 Å². The van der Waals surface area contributed by atoms with Gasteiger partial charge in [0.05, 0.1) is 6.61 Å². The van der Waals surface area contributed by atoms with Gasteiger partial charge < -0.3 is 15.0 Å². The molecule has 5 heteroatoms. The minimum Gasteiger partial charge on any atom is -0.381 e. The van der Waals surface area contributed by atoms with Crippen LogP contribution in [0.2, 0.25) is 0 Å². The molecule has 18 heavy (non-hydrogen) atoms. The number of hydrogen-bond donors (Lipinski definition) is 1. The van der Waals surface area contributed by atoms with E-state index in [0.29, 0.717) is 19.0 Å². The molecular formula is C13H15N3O2. The maximum atomic E-state index is 5.62. The van der Waals surface area contributed by atoms with Crippen molar-refractivity contribution in [2.75, 3.05) is 13.2 Å². The molecule has 94 valence electrons. The molecule has 2 heterocycles.